The fourth-order valence-electron chi connectivity index (χ4n) is 7.44. The molecule has 0 amide bonds. The van der Waals surface area contributed by atoms with E-state index < -0.39 is 0 Å². The Balaban J connectivity index is 1.13. The molecule has 54 heavy (non-hydrogen) atoms. The standard InChI is InChI=1S/C49H32N4O/c1-5-16-33(17-6-1)47-50-48(34-18-7-2-8-19-34)52-49(51-47)42-31-30-40(38-24-13-14-25-39(38)42)41-26-15-27-44-46(41)43-29-28-37(32-45(43)54-44)53(35-20-9-3-10-21-35)36-22-11-4-12-23-36/h1-32H. The lowest BCUT2D eigenvalue weighted by Gasteiger charge is -2.25. The molecule has 5 heteroatoms. The van der Waals surface area contributed by atoms with Crippen LogP contribution in [-0.2, 0) is 0 Å². The van der Waals surface area contributed by atoms with E-state index in [-0.39, 0.29) is 0 Å². The Kier molecular flexibility index (Phi) is 7.73. The van der Waals surface area contributed by atoms with Crippen molar-refractivity contribution in [2.24, 2.45) is 0 Å². The maximum absolute atomic E-state index is 6.64. The third-order valence-corrected chi connectivity index (χ3v) is 9.92. The molecule has 0 aliphatic carbocycles. The summed E-state index contributed by atoms with van der Waals surface area (Å²) in [5.74, 6) is 1.91. The summed E-state index contributed by atoms with van der Waals surface area (Å²) in [6.45, 7) is 0. The molecule has 2 aromatic heterocycles. The van der Waals surface area contributed by atoms with E-state index in [4.69, 9.17) is 19.4 Å². The highest BCUT2D eigenvalue weighted by molar-refractivity contribution is 6.16. The number of hydrogen-bond donors (Lipinski definition) is 0. The number of aromatic nitrogens is 3. The highest BCUT2D eigenvalue weighted by Gasteiger charge is 2.20. The molecule has 10 rings (SSSR count). The molecule has 8 aromatic carbocycles. The summed E-state index contributed by atoms with van der Waals surface area (Å²) in [5.41, 5.74) is 9.91. The number of furan rings is 1. The zero-order chi connectivity index (χ0) is 35.8. The quantitative estimate of drug-likeness (QED) is 0.166. The van der Waals surface area contributed by atoms with Crippen molar-refractivity contribution in [3.63, 3.8) is 0 Å². The maximum Gasteiger partial charge on any atom is 0.164 e. The van der Waals surface area contributed by atoms with Gasteiger partial charge >= 0.3 is 0 Å². The number of nitrogens with zero attached hydrogens (tertiary/aromatic N) is 4. The lowest BCUT2D eigenvalue weighted by Crippen LogP contribution is -2.09. The summed E-state index contributed by atoms with van der Waals surface area (Å²) in [6.07, 6.45) is 0. The molecule has 0 atom stereocenters. The molecule has 5 nitrogen and oxygen atoms in total. The van der Waals surface area contributed by atoms with Crippen LogP contribution in [0.25, 0.3) is 78.0 Å². The average Bonchev–Trinajstić information content (AvgIpc) is 3.63. The van der Waals surface area contributed by atoms with Gasteiger partial charge in [-0.1, -0.05) is 140 Å². The Morgan fingerprint density at radius 3 is 1.46 bits per heavy atom. The summed E-state index contributed by atoms with van der Waals surface area (Å²) in [5, 5.41) is 4.32. The van der Waals surface area contributed by atoms with Crippen LogP contribution in [0.1, 0.15) is 0 Å². The lowest BCUT2D eigenvalue weighted by atomic mass is 9.92. The Bertz CT molecular complexity index is 2830. The van der Waals surface area contributed by atoms with Crippen molar-refractivity contribution in [1.29, 1.82) is 0 Å². The molecule has 0 N–H and O–H groups in total. The van der Waals surface area contributed by atoms with Crippen molar-refractivity contribution in [1.82, 2.24) is 15.0 Å². The first-order valence-electron chi connectivity index (χ1n) is 18.0. The molecule has 0 aliphatic rings. The summed E-state index contributed by atoms with van der Waals surface area (Å²) >= 11 is 0. The third-order valence-electron chi connectivity index (χ3n) is 9.92. The topological polar surface area (TPSA) is 55.1 Å². The molecule has 0 fully saturated rings. The smallest absolute Gasteiger partial charge is 0.164 e. The minimum atomic E-state index is 0.631. The average molecular weight is 693 g/mol. The minimum Gasteiger partial charge on any atom is -0.456 e. The zero-order valence-electron chi connectivity index (χ0n) is 29.2. The Labute approximate surface area is 312 Å². The predicted molar refractivity (Wildman–Crippen MR) is 221 cm³/mol. The second kappa shape index (κ2) is 13.3. The van der Waals surface area contributed by atoms with Crippen LogP contribution < -0.4 is 4.90 Å². The second-order valence-corrected chi connectivity index (χ2v) is 13.2. The summed E-state index contributed by atoms with van der Waals surface area (Å²) in [4.78, 5) is 17.3. The Hall–Kier alpha value is -7.37. The molecule has 0 spiro atoms. The summed E-state index contributed by atoms with van der Waals surface area (Å²) in [6, 6.07) is 66.8. The molecule has 2 heterocycles. The van der Waals surface area contributed by atoms with Crippen LogP contribution in [0.2, 0.25) is 0 Å². The van der Waals surface area contributed by atoms with Crippen molar-refractivity contribution in [2.45, 2.75) is 0 Å². The fraction of sp³-hybridized carbons (Fsp3) is 0. The monoisotopic (exact) mass is 692 g/mol. The van der Waals surface area contributed by atoms with Gasteiger partial charge in [-0.25, -0.2) is 15.0 Å². The molecular weight excluding hydrogens is 661 g/mol. The highest BCUT2D eigenvalue weighted by Crippen LogP contribution is 2.43. The highest BCUT2D eigenvalue weighted by atomic mass is 16.3. The molecule has 0 saturated heterocycles. The molecule has 0 aliphatic heterocycles. The van der Waals surface area contributed by atoms with Gasteiger partial charge in [-0.15, -0.1) is 0 Å². The number of benzene rings is 8. The van der Waals surface area contributed by atoms with Crippen LogP contribution in [0.15, 0.2) is 199 Å². The van der Waals surface area contributed by atoms with E-state index in [0.717, 1.165) is 77.6 Å². The second-order valence-electron chi connectivity index (χ2n) is 13.2. The molecule has 0 saturated carbocycles. The number of hydrogen-bond acceptors (Lipinski definition) is 5. The van der Waals surface area contributed by atoms with E-state index in [9.17, 15) is 0 Å². The van der Waals surface area contributed by atoms with E-state index >= 15 is 0 Å². The van der Waals surface area contributed by atoms with E-state index in [0.29, 0.717) is 17.5 Å². The van der Waals surface area contributed by atoms with Gasteiger partial charge in [-0.05, 0) is 70.4 Å². The largest absolute Gasteiger partial charge is 0.456 e. The van der Waals surface area contributed by atoms with Crippen molar-refractivity contribution >= 4 is 49.8 Å². The van der Waals surface area contributed by atoms with E-state index in [1.54, 1.807) is 0 Å². The number of para-hydroxylation sites is 2. The summed E-state index contributed by atoms with van der Waals surface area (Å²) < 4.78 is 6.64. The van der Waals surface area contributed by atoms with Crippen LogP contribution in [0.5, 0.6) is 0 Å². The molecular formula is C49H32N4O. The van der Waals surface area contributed by atoms with E-state index in [1.807, 2.05) is 72.8 Å². The van der Waals surface area contributed by atoms with Crippen LogP contribution in [0.3, 0.4) is 0 Å². The molecule has 0 radical (unpaired) electrons. The number of anilines is 3. The van der Waals surface area contributed by atoms with Gasteiger partial charge in [0.1, 0.15) is 11.2 Å². The van der Waals surface area contributed by atoms with Crippen LogP contribution in [0.4, 0.5) is 17.1 Å². The SMILES string of the molecule is c1ccc(-c2nc(-c3ccccc3)nc(-c3ccc(-c4cccc5oc6cc(N(c7ccccc7)c7ccccc7)ccc6c45)c4ccccc34)n2)cc1. The van der Waals surface area contributed by atoms with Crippen molar-refractivity contribution < 1.29 is 4.42 Å². The van der Waals surface area contributed by atoms with Crippen molar-refractivity contribution in [2.75, 3.05) is 4.90 Å². The van der Waals surface area contributed by atoms with Gasteiger partial charge in [0.15, 0.2) is 17.5 Å². The van der Waals surface area contributed by atoms with E-state index in [1.165, 1.54) is 0 Å². The van der Waals surface area contributed by atoms with Gasteiger partial charge in [0.2, 0.25) is 0 Å². The molecule has 0 bridgehead atoms. The van der Waals surface area contributed by atoms with E-state index in [2.05, 4.69) is 126 Å². The fourth-order valence-corrected chi connectivity index (χ4v) is 7.44. The lowest BCUT2D eigenvalue weighted by molar-refractivity contribution is 0.669. The van der Waals surface area contributed by atoms with Crippen LogP contribution in [-0.4, -0.2) is 15.0 Å². The Morgan fingerprint density at radius 1 is 0.333 bits per heavy atom. The zero-order valence-corrected chi connectivity index (χ0v) is 29.2. The number of fused-ring (bicyclic) bond motifs is 4. The minimum absolute atomic E-state index is 0.631. The van der Waals surface area contributed by atoms with Gasteiger partial charge in [0, 0.05) is 50.6 Å². The van der Waals surface area contributed by atoms with Crippen molar-refractivity contribution in [3.8, 4) is 45.3 Å². The van der Waals surface area contributed by atoms with Gasteiger partial charge in [0.25, 0.3) is 0 Å². The Morgan fingerprint density at radius 2 is 0.852 bits per heavy atom. The normalized spacial score (nSPS) is 11.3. The molecule has 254 valence electrons. The summed E-state index contributed by atoms with van der Waals surface area (Å²) in [7, 11) is 0. The third kappa shape index (κ3) is 5.56. The van der Waals surface area contributed by atoms with Gasteiger partial charge in [-0.3, -0.25) is 0 Å². The maximum atomic E-state index is 6.64. The van der Waals surface area contributed by atoms with Crippen LogP contribution in [0, 0.1) is 0 Å². The first-order chi connectivity index (χ1) is 26.8. The van der Waals surface area contributed by atoms with Crippen LogP contribution >= 0.6 is 0 Å². The number of rotatable bonds is 7. The van der Waals surface area contributed by atoms with Crippen molar-refractivity contribution in [3.05, 3.63) is 194 Å². The predicted octanol–water partition coefficient (Wildman–Crippen LogP) is 13.1. The van der Waals surface area contributed by atoms with Gasteiger partial charge in [0.05, 0.1) is 0 Å². The molecule has 10 aromatic rings. The first-order valence-corrected chi connectivity index (χ1v) is 18.0. The van der Waals surface area contributed by atoms with Gasteiger partial charge < -0.3 is 9.32 Å². The first kappa shape index (κ1) is 31.4. The molecule has 0 unspecified atom stereocenters. The van der Waals surface area contributed by atoms with Gasteiger partial charge in [-0.2, -0.15) is 0 Å².